The molecule has 0 aliphatic rings. The number of hydrogen-bond acceptors (Lipinski definition) is 3. The van der Waals surface area contributed by atoms with E-state index in [0.29, 0.717) is 0 Å². The van der Waals surface area contributed by atoms with Crippen LogP contribution in [0.15, 0.2) is 23.2 Å². The summed E-state index contributed by atoms with van der Waals surface area (Å²) >= 11 is 0. The predicted octanol–water partition coefficient (Wildman–Crippen LogP) is 1.78. The van der Waals surface area contributed by atoms with Gasteiger partial charge in [0.1, 0.15) is 6.10 Å². The van der Waals surface area contributed by atoms with E-state index < -0.39 is 0 Å². The molecule has 0 bridgehead atoms. The number of aliphatic imine (C=N–C) groups is 1. The van der Waals surface area contributed by atoms with Gasteiger partial charge in [-0.3, -0.25) is 9.98 Å². The Labute approximate surface area is 78.5 Å². The first-order chi connectivity index (χ1) is 6.27. The third-order valence-electron chi connectivity index (χ3n) is 1.74. The normalized spacial score (nSPS) is 13.5. The van der Waals surface area contributed by atoms with Crippen molar-refractivity contribution in [3.05, 3.63) is 29.6 Å². The molecular formula is C10H14N2O. The van der Waals surface area contributed by atoms with Gasteiger partial charge in [0, 0.05) is 26.1 Å². The Hall–Kier alpha value is -1.22. The molecule has 1 atom stereocenters. The molecule has 1 unspecified atom stereocenters. The van der Waals surface area contributed by atoms with Crippen LogP contribution < -0.4 is 0 Å². The minimum absolute atomic E-state index is 0.134. The van der Waals surface area contributed by atoms with E-state index in [1.165, 1.54) is 0 Å². The molecule has 0 radical (unpaired) electrons. The summed E-state index contributed by atoms with van der Waals surface area (Å²) in [5.41, 5.74) is 1.89. The van der Waals surface area contributed by atoms with Crippen molar-refractivity contribution in [1.82, 2.24) is 4.98 Å². The van der Waals surface area contributed by atoms with Crippen LogP contribution in [0.5, 0.6) is 0 Å². The van der Waals surface area contributed by atoms with Gasteiger partial charge in [0.15, 0.2) is 0 Å². The van der Waals surface area contributed by atoms with Gasteiger partial charge in [0.25, 0.3) is 0 Å². The van der Waals surface area contributed by atoms with E-state index in [1.54, 1.807) is 20.4 Å². The van der Waals surface area contributed by atoms with Crippen LogP contribution >= 0.6 is 0 Å². The number of aryl methyl sites for hydroxylation is 1. The summed E-state index contributed by atoms with van der Waals surface area (Å²) in [4.78, 5) is 8.27. The summed E-state index contributed by atoms with van der Waals surface area (Å²) in [6.45, 7) is 1.96. The summed E-state index contributed by atoms with van der Waals surface area (Å²) in [6, 6.07) is 5.86. The molecule has 70 valence electrons. The van der Waals surface area contributed by atoms with Crippen molar-refractivity contribution in [2.75, 3.05) is 14.2 Å². The molecule has 1 rings (SSSR count). The topological polar surface area (TPSA) is 34.5 Å². The number of nitrogens with zero attached hydrogens (tertiary/aromatic N) is 2. The first kappa shape index (κ1) is 9.86. The second kappa shape index (κ2) is 4.72. The number of aromatic nitrogens is 1. The highest BCUT2D eigenvalue weighted by Gasteiger charge is 2.07. The Morgan fingerprint density at radius 1 is 1.54 bits per heavy atom. The zero-order valence-electron chi connectivity index (χ0n) is 8.19. The van der Waals surface area contributed by atoms with Gasteiger partial charge in [-0.1, -0.05) is 6.07 Å². The van der Waals surface area contributed by atoms with E-state index in [4.69, 9.17) is 4.74 Å². The van der Waals surface area contributed by atoms with Crippen molar-refractivity contribution in [2.45, 2.75) is 13.0 Å². The number of methoxy groups -OCH3 is 1. The minimum Gasteiger partial charge on any atom is -0.369 e. The van der Waals surface area contributed by atoms with Gasteiger partial charge in [0.2, 0.25) is 0 Å². The zero-order chi connectivity index (χ0) is 9.68. The summed E-state index contributed by atoms with van der Waals surface area (Å²) in [5.74, 6) is 0. The van der Waals surface area contributed by atoms with E-state index >= 15 is 0 Å². The fraction of sp³-hybridized carbons (Fsp3) is 0.400. The fourth-order valence-corrected chi connectivity index (χ4v) is 1.12. The molecule has 13 heavy (non-hydrogen) atoms. The monoisotopic (exact) mass is 178 g/mol. The maximum Gasteiger partial charge on any atom is 0.134 e. The maximum atomic E-state index is 5.22. The smallest absolute Gasteiger partial charge is 0.134 e. The van der Waals surface area contributed by atoms with E-state index in [-0.39, 0.29) is 6.10 Å². The Morgan fingerprint density at radius 2 is 2.31 bits per heavy atom. The second-order valence-electron chi connectivity index (χ2n) is 2.77. The molecule has 0 amide bonds. The Morgan fingerprint density at radius 3 is 2.85 bits per heavy atom. The lowest BCUT2D eigenvalue weighted by Crippen LogP contribution is -2.05. The summed E-state index contributed by atoms with van der Waals surface area (Å²) in [6.07, 6.45) is 1.60. The lowest BCUT2D eigenvalue weighted by Gasteiger charge is -2.09. The molecule has 0 saturated heterocycles. The molecule has 3 nitrogen and oxygen atoms in total. The summed E-state index contributed by atoms with van der Waals surface area (Å²) in [7, 11) is 3.37. The quantitative estimate of drug-likeness (QED) is 0.661. The number of ether oxygens (including phenoxy) is 1. The standard InChI is InChI=1S/C10H14N2O/c1-8-5-4-6-9(12-8)10(13-3)7-11-2/h4-7,10H,1-3H3. The summed E-state index contributed by atoms with van der Waals surface area (Å²) in [5, 5.41) is 0. The molecule has 0 aromatic carbocycles. The average Bonchev–Trinajstić information content (AvgIpc) is 2.14. The lowest BCUT2D eigenvalue weighted by molar-refractivity contribution is 0.158. The van der Waals surface area contributed by atoms with Gasteiger partial charge < -0.3 is 4.74 Å². The van der Waals surface area contributed by atoms with Crippen molar-refractivity contribution in [2.24, 2.45) is 4.99 Å². The first-order valence-corrected chi connectivity index (χ1v) is 4.16. The second-order valence-corrected chi connectivity index (χ2v) is 2.77. The Kier molecular flexibility index (Phi) is 3.58. The number of hydrogen-bond donors (Lipinski definition) is 0. The van der Waals surface area contributed by atoms with Crippen molar-refractivity contribution in [3.8, 4) is 0 Å². The highest BCUT2D eigenvalue weighted by atomic mass is 16.5. The van der Waals surface area contributed by atoms with E-state index in [2.05, 4.69) is 9.98 Å². The van der Waals surface area contributed by atoms with Gasteiger partial charge in [-0.25, -0.2) is 0 Å². The third-order valence-corrected chi connectivity index (χ3v) is 1.74. The van der Waals surface area contributed by atoms with Crippen LogP contribution in [0.2, 0.25) is 0 Å². The molecule has 1 heterocycles. The van der Waals surface area contributed by atoms with E-state index in [1.807, 2.05) is 25.1 Å². The number of pyridine rings is 1. The molecule has 3 heteroatoms. The SMILES string of the molecule is CN=CC(OC)c1cccc(C)n1. The van der Waals surface area contributed by atoms with Gasteiger partial charge in [-0.15, -0.1) is 0 Å². The van der Waals surface area contributed by atoms with Crippen molar-refractivity contribution < 1.29 is 4.74 Å². The first-order valence-electron chi connectivity index (χ1n) is 4.16. The fourth-order valence-electron chi connectivity index (χ4n) is 1.12. The van der Waals surface area contributed by atoms with Gasteiger partial charge in [0.05, 0.1) is 5.69 Å². The highest BCUT2D eigenvalue weighted by molar-refractivity contribution is 5.64. The van der Waals surface area contributed by atoms with Crippen LogP contribution in [0.1, 0.15) is 17.5 Å². The molecule has 0 N–H and O–H groups in total. The van der Waals surface area contributed by atoms with Gasteiger partial charge in [-0.2, -0.15) is 0 Å². The van der Waals surface area contributed by atoms with Crippen LogP contribution in [0.25, 0.3) is 0 Å². The van der Waals surface area contributed by atoms with Crippen LogP contribution in [0.3, 0.4) is 0 Å². The van der Waals surface area contributed by atoms with E-state index in [9.17, 15) is 0 Å². The molecule has 0 aliphatic carbocycles. The number of rotatable bonds is 3. The Balaban J connectivity index is 2.91. The minimum atomic E-state index is -0.134. The van der Waals surface area contributed by atoms with Crippen molar-refractivity contribution in [1.29, 1.82) is 0 Å². The van der Waals surface area contributed by atoms with Gasteiger partial charge in [-0.05, 0) is 19.1 Å². The largest absolute Gasteiger partial charge is 0.369 e. The zero-order valence-corrected chi connectivity index (χ0v) is 8.19. The summed E-state index contributed by atoms with van der Waals surface area (Å²) < 4.78 is 5.22. The van der Waals surface area contributed by atoms with E-state index in [0.717, 1.165) is 11.4 Å². The van der Waals surface area contributed by atoms with Crippen LogP contribution in [-0.4, -0.2) is 25.4 Å². The molecule has 0 aliphatic heterocycles. The molecule has 1 aromatic rings. The lowest BCUT2D eigenvalue weighted by atomic mass is 10.2. The maximum absolute atomic E-state index is 5.22. The van der Waals surface area contributed by atoms with Crippen LogP contribution in [0, 0.1) is 6.92 Å². The van der Waals surface area contributed by atoms with Crippen molar-refractivity contribution >= 4 is 6.21 Å². The predicted molar refractivity (Wildman–Crippen MR) is 53.1 cm³/mol. The Bertz CT molecular complexity index is 297. The molecule has 0 fully saturated rings. The van der Waals surface area contributed by atoms with Crippen LogP contribution in [-0.2, 0) is 4.74 Å². The van der Waals surface area contributed by atoms with Crippen molar-refractivity contribution in [3.63, 3.8) is 0 Å². The highest BCUT2D eigenvalue weighted by Crippen LogP contribution is 2.11. The third kappa shape index (κ3) is 2.63. The molecule has 1 aromatic heterocycles. The average molecular weight is 178 g/mol. The molecule has 0 saturated carbocycles. The molecule has 0 spiro atoms. The van der Waals surface area contributed by atoms with Crippen LogP contribution in [0.4, 0.5) is 0 Å². The molecular weight excluding hydrogens is 164 g/mol. The van der Waals surface area contributed by atoms with Gasteiger partial charge >= 0.3 is 0 Å².